The van der Waals surface area contributed by atoms with Crippen LogP contribution in [-0.2, 0) is 22.5 Å². The van der Waals surface area contributed by atoms with Crippen LogP contribution in [0.1, 0.15) is 34.6 Å². The van der Waals surface area contributed by atoms with Gasteiger partial charge in [-0.2, -0.15) is 0 Å². The van der Waals surface area contributed by atoms with Gasteiger partial charge in [0.2, 0.25) is 0 Å². The molecule has 0 aliphatic carbocycles. The predicted octanol–water partition coefficient (Wildman–Crippen LogP) is 1.88. The van der Waals surface area contributed by atoms with Crippen molar-refractivity contribution in [3.63, 3.8) is 0 Å². The molecule has 1 aromatic rings. The number of ether oxygens (including phenoxy) is 2. The smallest absolute Gasteiger partial charge is 0.411 e. The molecule has 3 N–H and O–H groups in total. The van der Waals surface area contributed by atoms with E-state index in [0.717, 1.165) is 10.4 Å². The second-order valence-corrected chi connectivity index (χ2v) is 6.02. The van der Waals surface area contributed by atoms with Gasteiger partial charge in [0.25, 0.3) is 5.91 Å². The molecule has 0 bridgehead atoms. The first kappa shape index (κ1) is 13.8. The molecule has 104 valence electrons. The average Bonchev–Trinajstić information content (AvgIpc) is 2.64. The maximum atomic E-state index is 11.6. The van der Waals surface area contributed by atoms with E-state index in [-0.39, 0.29) is 5.60 Å². The van der Waals surface area contributed by atoms with Crippen molar-refractivity contribution in [2.45, 2.75) is 32.5 Å². The van der Waals surface area contributed by atoms with Crippen molar-refractivity contribution < 1.29 is 19.1 Å². The van der Waals surface area contributed by atoms with Gasteiger partial charge in [0.15, 0.2) is 0 Å². The lowest BCUT2D eigenvalue weighted by molar-refractivity contribution is -0.0383. The molecule has 0 atom stereocenters. The highest BCUT2D eigenvalue weighted by molar-refractivity contribution is 7.17. The standard InChI is InChI=1S/C12H16N2O4S/c1-12(2)4-6-7(5-18-12)19-10(8(6)9(13)15)14-11(16)17-3/h4-5H2,1-3H3,(H2,13,15)(H,14,16). The largest absolute Gasteiger partial charge is 0.453 e. The summed E-state index contributed by atoms with van der Waals surface area (Å²) in [6, 6.07) is 0. The van der Waals surface area contributed by atoms with E-state index >= 15 is 0 Å². The quantitative estimate of drug-likeness (QED) is 0.867. The second-order valence-electron chi connectivity index (χ2n) is 4.91. The number of methoxy groups -OCH3 is 1. The molecular weight excluding hydrogens is 268 g/mol. The number of carbonyl (C=O) groups is 2. The van der Waals surface area contributed by atoms with Gasteiger partial charge in [-0.25, -0.2) is 4.79 Å². The third kappa shape index (κ3) is 2.71. The molecule has 0 fully saturated rings. The Morgan fingerprint density at radius 2 is 2.16 bits per heavy atom. The summed E-state index contributed by atoms with van der Waals surface area (Å²) >= 11 is 1.30. The third-order valence-electron chi connectivity index (χ3n) is 2.93. The molecule has 19 heavy (non-hydrogen) atoms. The Bertz CT molecular complexity index is 536. The topological polar surface area (TPSA) is 90.6 Å². The van der Waals surface area contributed by atoms with E-state index in [2.05, 4.69) is 10.1 Å². The van der Waals surface area contributed by atoms with Gasteiger partial charge in [-0.1, -0.05) is 0 Å². The Hall–Kier alpha value is -1.60. The van der Waals surface area contributed by atoms with Gasteiger partial charge in [-0.15, -0.1) is 11.3 Å². The maximum Gasteiger partial charge on any atom is 0.411 e. The molecule has 0 saturated carbocycles. The van der Waals surface area contributed by atoms with Crippen molar-refractivity contribution in [3.8, 4) is 0 Å². The molecular formula is C12H16N2O4S. The zero-order valence-electron chi connectivity index (χ0n) is 11.0. The van der Waals surface area contributed by atoms with Crippen LogP contribution < -0.4 is 11.1 Å². The number of anilines is 1. The van der Waals surface area contributed by atoms with Crippen molar-refractivity contribution >= 4 is 28.3 Å². The highest BCUT2D eigenvalue weighted by Crippen LogP contribution is 2.40. The van der Waals surface area contributed by atoms with Crippen LogP contribution in [0.2, 0.25) is 0 Å². The van der Waals surface area contributed by atoms with Crippen LogP contribution in [0.25, 0.3) is 0 Å². The summed E-state index contributed by atoms with van der Waals surface area (Å²) in [5, 5.41) is 2.95. The Morgan fingerprint density at radius 3 is 2.74 bits per heavy atom. The molecule has 2 rings (SSSR count). The summed E-state index contributed by atoms with van der Waals surface area (Å²) in [7, 11) is 1.26. The molecule has 0 unspecified atom stereocenters. The number of hydrogen-bond donors (Lipinski definition) is 2. The first-order valence-corrected chi connectivity index (χ1v) is 6.59. The normalized spacial score (nSPS) is 16.6. The van der Waals surface area contributed by atoms with E-state index in [9.17, 15) is 9.59 Å². The minimum atomic E-state index is -0.624. The minimum absolute atomic E-state index is 0.346. The molecule has 7 heteroatoms. The fourth-order valence-electron chi connectivity index (χ4n) is 2.05. The lowest BCUT2D eigenvalue weighted by atomic mass is 9.93. The van der Waals surface area contributed by atoms with Crippen LogP contribution in [0.5, 0.6) is 0 Å². The minimum Gasteiger partial charge on any atom is -0.453 e. The van der Waals surface area contributed by atoms with Crippen LogP contribution in [0.3, 0.4) is 0 Å². The van der Waals surface area contributed by atoms with Gasteiger partial charge >= 0.3 is 6.09 Å². The molecule has 0 spiro atoms. The maximum absolute atomic E-state index is 11.6. The van der Waals surface area contributed by atoms with Gasteiger partial charge in [0.1, 0.15) is 5.00 Å². The number of carbonyl (C=O) groups excluding carboxylic acids is 2. The molecule has 0 radical (unpaired) electrons. The number of nitrogens with one attached hydrogen (secondary N) is 1. The Morgan fingerprint density at radius 1 is 1.47 bits per heavy atom. The summed E-state index contributed by atoms with van der Waals surface area (Å²) < 4.78 is 10.2. The summed E-state index contributed by atoms with van der Waals surface area (Å²) in [5.74, 6) is -0.554. The van der Waals surface area contributed by atoms with Gasteiger partial charge in [0.05, 0.1) is 24.9 Å². The summed E-state index contributed by atoms with van der Waals surface area (Å²) in [5.41, 5.74) is 6.30. The molecule has 6 nitrogen and oxygen atoms in total. The van der Waals surface area contributed by atoms with Gasteiger partial charge in [-0.3, -0.25) is 10.1 Å². The first-order chi connectivity index (χ1) is 8.84. The lowest BCUT2D eigenvalue weighted by Gasteiger charge is -2.30. The van der Waals surface area contributed by atoms with E-state index in [1.54, 1.807) is 0 Å². The number of rotatable bonds is 2. The average molecular weight is 284 g/mol. The van der Waals surface area contributed by atoms with E-state index < -0.39 is 12.0 Å². The van der Waals surface area contributed by atoms with E-state index in [0.29, 0.717) is 23.6 Å². The summed E-state index contributed by atoms with van der Waals surface area (Å²) in [6.07, 6.45) is -0.0405. The predicted molar refractivity (Wildman–Crippen MR) is 71.4 cm³/mol. The number of primary amides is 1. The molecule has 1 aliphatic heterocycles. The Kier molecular flexibility index (Phi) is 3.51. The third-order valence-corrected chi connectivity index (χ3v) is 4.06. The number of thiophene rings is 1. The summed E-state index contributed by atoms with van der Waals surface area (Å²) in [4.78, 5) is 23.8. The van der Waals surface area contributed by atoms with Crippen LogP contribution in [0.4, 0.5) is 9.80 Å². The highest BCUT2D eigenvalue weighted by Gasteiger charge is 2.33. The number of hydrogen-bond acceptors (Lipinski definition) is 5. The zero-order valence-corrected chi connectivity index (χ0v) is 11.8. The van der Waals surface area contributed by atoms with E-state index in [1.807, 2.05) is 13.8 Å². The fraction of sp³-hybridized carbons (Fsp3) is 0.500. The van der Waals surface area contributed by atoms with E-state index in [1.165, 1.54) is 18.4 Å². The van der Waals surface area contributed by atoms with Gasteiger partial charge < -0.3 is 15.2 Å². The van der Waals surface area contributed by atoms with Gasteiger partial charge in [-0.05, 0) is 19.4 Å². The number of nitrogens with two attached hydrogens (primary N) is 1. The zero-order chi connectivity index (χ0) is 14.2. The first-order valence-electron chi connectivity index (χ1n) is 5.77. The van der Waals surface area contributed by atoms with Crippen molar-refractivity contribution in [3.05, 3.63) is 16.0 Å². The molecule has 1 aliphatic rings. The van der Waals surface area contributed by atoms with Crippen LogP contribution in [-0.4, -0.2) is 24.7 Å². The monoisotopic (exact) mass is 284 g/mol. The fourth-order valence-corrected chi connectivity index (χ4v) is 3.17. The van der Waals surface area contributed by atoms with Crippen LogP contribution in [0.15, 0.2) is 0 Å². The van der Waals surface area contributed by atoms with Crippen LogP contribution in [0, 0.1) is 0 Å². The van der Waals surface area contributed by atoms with Crippen molar-refractivity contribution in [1.29, 1.82) is 0 Å². The van der Waals surface area contributed by atoms with Gasteiger partial charge in [0, 0.05) is 11.3 Å². The highest BCUT2D eigenvalue weighted by atomic mass is 32.1. The second kappa shape index (κ2) is 4.82. The SMILES string of the molecule is COC(=O)Nc1sc2c(c1C(N)=O)CC(C)(C)OC2. The molecule has 2 heterocycles. The lowest BCUT2D eigenvalue weighted by Crippen LogP contribution is -2.32. The van der Waals surface area contributed by atoms with Crippen molar-refractivity contribution in [1.82, 2.24) is 0 Å². The van der Waals surface area contributed by atoms with E-state index in [4.69, 9.17) is 10.5 Å². The van der Waals surface area contributed by atoms with Crippen molar-refractivity contribution in [2.24, 2.45) is 5.73 Å². The van der Waals surface area contributed by atoms with Crippen molar-refractivity contribution in [2.75, 3.05) is 12.4 Å². The Balaban J connectivity index is 2.44. The Labute approximate surface area is 114 Å². The molecule has 1 aromatic heterocycles. The molecule has 2 amide bonds. The molecule has 0 saturated heterocycles. The molecule has 0 aromatic carbocycles. The number of fused-ring (bicyclic) bond motifs is 1. The number of amides is 2. The van der Waals surface area contributed by atoms with Crippen LogP contribution >= 0.6 is 11.3 Å². The summed E-state index contributed by atoms with van der Waals surface area (Å²) in [6.45, 7) is 4.31.